The summed E-state index contributed by atoms with van der Waals surface area (Å²) in [5, 5.41) is 0. The molecule has 4 heteroatoms. The summed E-state index contributed by atoms with van der Waals surface area (Å²) < 4.78 is 10.5. The highest BCUT2D eigenvalue weighted by molar-refractivity contribution is 5.93. The molecule has 0 bridgehead atoms. The molecule has 2 rings (SSSR count). The van der Waals surface area contributed by atoms with Gasteiger partial charge in [0.25, 0.3) is 0 Å². The Morgan fingerprint density at radius 3 is 2.21 bits per heavy atom. The summed E-state index contributed by atoms with van der Waals surface area (Å²) >= 11 is 0. The Morgan fingerprint density at radius 2 is 1.68 bits per heavy atom. The van der Waals surface area contributed by atoms with Crippen LogP contribution in [0.3, 0.4) is 0 Å². The fourth-order valence-electron chi connectivity index (χ4n) is 1.85. The number of carbonyl (C=O) groups excluding carboxylic acids is 1. The quantitative estimate of drug-likeness (QED) is 0.915. The van der Waals surface area contributed by atoms with Crippen molar-refractivity contribution < 1.29 is 14.3 Å². The maximum absolute atomic E-state index is 11.0. The zero-order valence-electron chi connectivity index (χ0n) is 10.8. The van der Waals surface area contributed by atoms with Crippen LogP contribution in [-0.4, -0.2) is 20.1 Å². The van der Waals surface area contributed by atoms with E-state index in [1.807, 2.05) is 30.3 Å². The van der Waals surface area contributed by atoms with Gasteiger partial charge in [-0.3, -0.25) is 4.79 Å². The molecule has 0 aliphatic rings. The van der Waals surface area contributed by atoms with Crippen molar-refractivity contribution in [2.45, 2.75) is 0 Å². The largest absolute Gasteiger partial charge is 0.497 e. The van der Waals surface area contributed by atoms with Crippen molar-refractivity contribution in [2.75, 3.05) is 14.2 Å². The van der Waals surface area contributed by atoms with Crippen LogP contribution in [0.5, 0.6) is 11.5 Å². The molecule has 0 heterocycles. The van der Waals surface area contributed by atoms with E-state index in [0.29, 0.717) is 5.56 Å². The molecule has 2 aromatic carbocycles. The Bertz CT molecular complexity index is 591. The zero-order valence-corrected chi connectivity index (χ0v) is 10.8. The summed E-state index contributed by atoms with van der Waals surface area (Å²) in [6.07, 6.45) is 0. The minimum absolute atomic E-state index is 0.441. The van der Waals surface area contributed by atoms with Gasteiger partial charge in [0.1, 0.15) is 11.5 Å². The molecular formula is C15H15NO3. The van der Waals surface area contributed by atoms with Gasteiger partial charge in [-0.2, -0.15) is 0 Å². The third-order valence-corrected chi connectivity index (χ3v) is 2.89. The Hall–Kier alpha value is -2.49. The predicted octanol–water partition coefficient (Wildman–Crippen LogP) is 2.47. The monoisotopic (exact) mass is 257 g/mol. The smallest absolute Gasteiger partial charge is 0.248 e. The minimum atomic E-state index is -0.441. The van der Waals surface area contributed by atoms with Gasteiger partial charge in [-0.05, 0) is 35.9 Å². The fourth-order valence-corrected chi connectivity index (χ4v) is 1.85. The van der Waals surface area contributed by atoms with Crippen LogP contribution in [0, 0.1) is 0 Å². The first-order valence-corrected chi connectivity index (χ1v) is 5.78. The van der Waals surface area contributed by atoms with Gasteiger partial charge in [0.2, 0.25) is 5.91 Å². The maximum Gasteiger partial charge on any atom is 0.248 e. The molecule has 2 N–H and O–H groups in total. The predicted molar refractivity (Wildman–Crippen MR) is 73.5 cm³/mol. The number of primary amides is 1. The van der Waals surface area contributed by atoms with E-state index < -0.39 is 5.91 Å². The minimum Gasteiger partial charge on any atom is -0.497 e. The van der Waals surface area contributed by atoms with E-state index in [-0.39, 0.29) is 0 Å². The van der Waals surface area contributed by atoms with Crippen LogP contribution in [0.25, 0.3) is 11.1 Å². The number of rotatable bonds is 4. The first-order chi connectivity index (χ1) is 9.15. The van der Waals surface area contributed by atoms with Gasteiger partial charge >= 0.3 is 0 Å². The molecule has 1 amide bonds. The van der Waals surface area contributed by atoms with E-state index >= 15 is 0 Å². The third kappa shape index (κ3) is 2.68. The van der Waals surface area contributed by atoms with Crippen LogP contribution < -0.4 is 15.2 Å². The Kier molecular flexibility index (Phi) is 3.71. The highest BCUT2D eigenvalue weighted by Crippen LogP contribution is 2.33. The summed E-state index contributed by atoms with van der Waals surface area (Å²) in [5.41, 5.74) is 7.53. The van der Waals surface area contributed by atoms with E-state index in [2.05, 4.69) is 0 Å². The summed E-state index contributed by atoms with van der Waals surface area (Å²) in [6.45, 7) is 0. The number of benzene rings is 2. The lowest BCUT2D eigenvalue weighted by atomic mass is 10.0. The van der Waals surface area contributed by atoms with E-state index in [4.69, 9.17) is 15.2 Å². The van der Waals surface area contributed by atoms with Gasteiger partial charge in [-0.25, -0.2) is 0 Å². The zero-order chi connectivity index (χ0) is 13.8. The molecular weight excluding hydrogens is 242 g/mol. The molecule has 0 fully saturated rings. The third-order valence-electron chi connectivity index (χ3n) is 2.89. The molecule has 98 valence electrons. The van der Waals surface area contributed by atoms with E-state index in [1.54, 1.807) is 26.4 Å². The van der Waals surface area contributed by atoms with Crippen molar-refractivity contribution in [3.05, 3.63) is 48.0 Å². The van der Waals surface area contributed by atoms with Crippen LogP contribution in [0.1, 0.15) is 10.4 Å². The van der Waals surface area contributed by atoms with Crippen molar-refractivity contribution in [1.82, 2.24) is 0 Å². The highest BCUT2D eigenvalue weighted by atomic mass is 16.5. The van der Waals surface area contributed by atoms with Crippen LogP contribution >= 0.6 is 0 Å². The molecule has 0 unspecified atom stereocenters. The van der Waals surface area contributed by atoms with Crippen LogP contribution in [0.4, 0.5) is 0 Å². The van der Waals surface area contributed by atoms with Gasteiger partial charge in [0.05, 0.1) is 14.2 Å². The fraction of sp³-hybridized carbons (Fsp3) is 0.133. The number of amides is 1. The number of ether oxygens (including phenoxy) is 2. The Morgan fingerprint density at radius 1 is 1.00 bits per heavy atom. The van der Waals surface area contributed by atoms with E-state index in [0.717, 1.165) is 22.6 Å². The second-order valence-corrected chi connectivity index (χ2v) is 4.01. The number of methoxy groups -OCH3 is 2. The topological polar surface area (TPSA) is 61.6 Å². The summed E-state index contributed by atoms with van der Waals surface area (Å²) in [4.78, 5) is 11.0. The van der Waals surface area contributed by atoms with Gasteiger partial charge in [0, 0.05) is 11.1 Å². The molecule has 0 radical (unpaired) electrons. The molecule has 0 saturated heterocycles. The molecule has 0 saturated carbocycles. The number of nitrogens with two attached hydrogens (primary N) is 1. The van der Waals surface area contributed by atoms with E-state index in [1.165, 1.54) is 0 Å². The van der Waals surface area contributed by atoms with Gasteiger partial charge < -0.3 is 15.2 Å². The van der Waals surface area contributed by atoms with Crippen molar-refractivity contribution in [3.63, 3.8) is 0 Å². The second-order valence-electron chi connectivity index (χ2n) is 4.01. The maximum atomic E-state index is 11.0. The lowest BCUT2D eigenvalue weighted by Crippen LogP contribution is -2.10. The number of carbonyl (C=O) groups is 1. The SMILES string of the molecule is COc1ccc(OC)c(-c2ccc(C(N)=O)cc2)c1. The average molecular weight is 257 g/mol. The Balaban J connectivity index is 2.47. The summed E-state index contributed by atoms with van der Waals surface area (Å²) in [7, 11) is 3.23. The molecule has 0 aliphatic carbocycles. The first kappa shape index (κ1) is 13.0. The summed E-state index contributed by atoms with van der Waals surface area (Å²) in [5.74, 6) is 1.05. The molecule has 4 nitrogen and oxygen atoms in total. The molecule has 19 heavy (non-hydrogen) atoms. The van der Waals surface area contributed by atoms with Crippen molar-refractivity contribution >= 4 is 5.91 Å². The van der Waals surface area contributed by atoms with Gasteiger partial charge in [0.15, 0.2) is 0 Å². The van der Waals surface area contributed by atoms with Crippen LogP contribution in [0.15, 0.2) is 42.5 Å². The van der Waals surface area contributed by atoms with Crippen molar-refractivity contribution in [1.29, 1.82) is 0 Å². The first-order valence-electron chi connectivity index (χ1n) is 5.78. The lowest BCUT2D eigenvalue weighted by Gasteiger charge is -2.11. The molecule has 0 aromatic heterocycles. The molecule has 0 aliphatic heterocycles. The van der Waals surface area contributed by atoms with Crippen LogP contribution in [-0.2, 0) is 0 Å². The lowest BCUT2D eigenvalue weighted by molar-refractivity contribution is 0.100. The van der Waals surface area contributed by atoms with Gasteiger partial charge in [-0.1, -0.05) is 12.1 Å². The highest BCUT2D eigenvalue weighted by Gasteiger charge is 2.08. The van der Waals surface area contributed by atoms with E-state index in [9.17, 15) is 4.79 Å². The second kappa shape index (κ2) is 5.44. The molecule has 2 aromatic rings. The van der Waals surface area contributed by atoms with Crippen LogP contribution in [0.2, 0.25) is 0 Å². The number of hydrogen-bond donors (Lipinski definition) is 1. The molecule has 0 atom stereocenters. The van der Waals surface area contributed by atoms with Crippen molar-refractivity contribution in [3.8, 4) is 22.6 Å². The number of hydrogen-bond acceptors (Lipinski definition) is 3. The standard InChI is InChI=1S/C15H15NO3/c1-18-12-7-8-14(19-2)13(9-12)10-3-5-11(6-4-10)15(16)17/h3-9H,1-2H3,(H2,16,17). The Labute approximate surface area is 111 Å². The average Bonchev–Trinajstić information content (AvgIpc) is 2.46. The van der Waals surface area contributed by atoms with Gasteiger partial charge in [-0.15, -0.1) is 0 Å². The summed E-state index contributed by atoms with van der Waals surface area (Å²) in [6, 6.07) is 12.6. The molecule has 0 spiro atoms. The van der Waals surface area contributed by atoms with Crippen molar-refractivity contribution in [2.24, 2.45) is 5.73 Å². The normalized spacial score (nSPS) is 10.0.